The number of ether oxygens (including phenoxy) is 3. The Bertz CT molecular complexity index is 1060. The van der Waals surface area contributed by atoms with Gasteiger partial charge in [0, 0.05) is 50.2 Å². The van der Waals surface area contributed by atoms with Crippen LogP contribution in [-0.2, 0) is 20.0 Å². The summed E-state index contributed by atoms with van der Waals surface area (Å²) in [4.78, 5) is 33.7. The largest absolute Gasteiger partial charge is 0.493 e. The lowest BCUT2D eigenvalue weighted by Crippen LogP contribution is -2.41. The molecular weight excluding hydrogens is 511 g/mol. The van der Waals surface area contributed by atoms with Gasteiger partial charge in [0.15, 0.2) is 0 Å². The van der Waals surface area contributed by atoms with Gasteiger partial charge < -0.3 is 29.8 Å². The van der Waals surface area contributed by atoms with Crippen molar-refractivity contribution in [3.8, 4) is 5.75 Å². The molecule has 0 atom stereocenters. The number of aromatic amines is 1. The number of likely N-dealkylation sites (tertiary alicyclic amines) is 1. The second kappa shape index (κ2) is 14.1. The van der Waals surface area contributed by atoms with Crippen LogP contribution in [0.5, 0.6) is 5.75 Å². The van der Waals surface area contributed by atoms with Gasteiger partial charge in [-0.05, 0) is 31.6 Å². The van der Waals surface area contributed by atoms with Gasteiger partial charge in [0.05, 0.1) is 24.5 Å². The summed E-state index contributed by atoms with van der Waals surface area (Å²) >= 11 is 1.73. The minimum atomic E-state index is -0.646. The van der Waals surface area contributed by atoms with Gasteiger partial charge in [-0.1, -0.05) is 0 Å². The van der Waals surface area contributed by atoms with Crippen LogP contribution >= 0.6 is 24.2 Å². The summed E-state index contributed by atoms with van der Waals surface area (Å²) in [6, 6.07) is 2.87. The van der Waals surface area contributed by atoms with Gasteiger partial charge in [0.1, 0.15) is 29.4 Å². The van der Waals surface area contributed by atoms with Crippen molar-refractivity contribution >= 4 is 41.0 Å². The molecule has 3 heterocycles. The highest BCUT2D eigenvalue weighted by Crippen LogP contribution is 2.26. The number of benzene rings is 1. The number of nitrogens with one attached hydrogen (secondary N) is 1. The molecular formula is C24H34ClFN4O5S. The number of nitrogens with zero attached hydrogens (tertiary/aromatic N) is 2. The molecule has 200 valence electrons. The second-order valence-electron chi connectivity index (χ2n) is 8.91. The summed E-state index contributed by atoms with van der Waals surface area (Å²) in [6.07, 6.45) is 3.54. The molecule has 12 heteroatoms. The summed E-state index contributed by atoms with van der Waals surface area (Å²) in [5, 5.41) is 0.414. The fourth-order valence-corrected chi connectivity index (χ4v) is 5.39. The third-order valence-electron chi connectivity index (χ3n) is 6.35. The minimum Gasteiger partial charge on any atom is -0.493 e. The smallest absolute Gasteiger partial charge is 0.261 e. The van der Waals surface area contributed by atoms with Crippen molar-refractivity contribution in [2.24, 2.45) is 11.7 Å². The van der Waals surface area contributed by atoms with E-state index < -0.39 is 11.4 Å². The Hall–Kier alpha value is -1.92. The van der Waals surface area contributed by atoms with Crippen LogP contribution in [0.4, 0.5) is 4.39 Å². The zero-order valence-electron chi connectivity index (χ0n) is 20.2. The predicted octanol–water partition coefficient (Wildman–Crippen LogP) is 2.49. The first-order valence-corrected chi connectivity index (χ1v) is 13.2. The van der Waals surface area contributed by atoms with Crippen molar-refractivity contribution in [2.45, 2.75) is 36.7 Å². The topological polar surface area (TPSA) is 120 Å². The number of hydrogen-bond donors (Lipinski definition) is 2. The lowest BCUT2D eigenvalue weighted by Gasteiger charge is -2.31. The highest BCUT2D eigenvalue weighted by atomic mass is 35.5. The average molecular weight is 545 g/mol. The Morgan fingerprint density at radius 3 is 2.72 bits per heavy atom. The van der Waals surface area contributed by atoms with Crippen LogP contribution in [0.3, 0.4) is 0 Å². The summed E-state index contributed by atoms with van der Waals surface area (Å²) in [7, 11) is 0. The van der Waals surface area contributed by atoms with E-state index in [0.717, 1.165) is 38.9 Å². The molecule has 3 N–H and O–H groups in total. The van der Waals surface area contributed by atoms with E-state index >= 15 is 0 Å². The normalized spacial score (nSPS) is 17.2. The van der Waals surface area contributed by atoms with Gasteiger partial charge in [0.25, 0.3) is 5.56 Å². The summed E-state index contributed by atoms with van der Waals surface area (Å²) in [6.45, 7) is 4.00. The Labute approximate surface area is 220 Å². The first kappa shape index (κ1) is 28.6. The molecule has 36 heavy (non-hydrogen) atoms. The van der Waals surface area contributed by atoms with Gasteiger partial charge in [-0.2, -0.15) is 11.8 Å². The Morgan fingerprint density at radius 1 is 1.25 bits per heavy atom. The molecule has 1 amide bonds. The highest BCUT2D eigenvalue weighted by molar-refractivity contribution is 7.99. The maximum atomic E-state index is 14.7. The molecule has 1 aromatic heterocycles. The molecule has 2 aromatic rings. The number of carbonyl (C=O) groups excluding carboxylic acids is 1. The third-order valence-corrected chi connectivity index (χ3v) is 7.73. The number of carbonyl (C=O) groups is 1. The number of amides is 1. The van der Waals surface area contributed by atoms with Crippen molar-refractivity contribution in [3.05, 3.63) is 34.1 Å². The SMILES string of the molecule is Cl.NCCOCC(=O)N1CCC(COc2cc(F)c3c(=O)[nH]c(CSC4CCOCC4)nc3c2)CC1. The van der Waals surface area contributed by atoms with Gasteiger partial charge in [0.2, 0.25) is 5.91 Å². The van der Waals surface area contributed by atoms with E-state index in [2.05, 4.69) is 9.97 Å². The zero-order valence-corrected chi connectivity index (χ0v) is 21.8. The van der Waals surface area contributed by atoms with Gasteiger partial charge in [-0.3, -0.25) is 9.59 Å². The molecule has 9 nitrogen and oxygen atoms in total. The number of halogens is 2. The quantitative estimate of drug-likeness (QED) is 0.438. The van der Waals surface area contributed by atoms with Crippen LogP contribution in [0.2, 0.25) is 0 Å². The fraction of sp³-hybridized carbons (Fsp3) is 0.625. The van der Waals surface area contributed by atoms with Crippen LogP contribution in [0, 0.1) is 11.7 Å². The number of fused-ring (bicyclic) bond motifs is 1. The van der Waals surface area contributed by atoms with E-state index in [1.54, 1.807) is 22.7 Å². The number of hydrogen-bond acceptors (Lipinski definition) is 8. The zero-order chi connectivity index (χ0) is 24.6. The molecule has 2 saturated heterocycles. The number of aromatic nitrogens is 2. The van der Waals surface area contributed by atoms with E-state index in [1.807, 2.05) is 0 Å². The summed E-state index contributed by atoms with van der Waals surface area (Å²) in [5.41, 5.74) is 5.19. The van der Waals surface area contributed by atoms with Crippen molar-refractivity contribution < 1.29 is 23.4 Å². The molecule has 0 bridgehead atoms. The van der Waals surface area contributed by atoms with Crippen LogP contribution in [-0.4, -0.2) is 78.7 Å². The van der Waals surface area contributed by atoms with Crippen molar-refractivity contribution in [1.29, 1.82) is 0 Å². The maximum Gasteiger partial charge on any atom is 0.261 e. The van der Waals surface area contributed by atoms with Crippen LogP contribution in [0.15, 0.2) is 16.9 Å². The first-order chi connectivity index (χ1) is 17.0. The van der Waals surface area contributed by atoms with E-state index in [-0.39, 0.29) is 36.2 Å². The summed E-state index contributed by atoms with van der Waals surface area (Å²) < 4.78 is 31.2. The van der Waals surface area contributed by atoms with Crippen LogP contribution in [0.25, 0.3) is 10.9 Å². The molecule has 0 saturated carbocycles. The number of piperidine rings is 1. The first-order valence-electron chi connectivity index (χ1n) is 12.1. The Kier molecular flexibility index (Phi) is 11.2. The highest BCUT2D eigenvalue weighted by Gasteiger charge is 2.23. The third kappa shape index (κ3) is 7.79. The van der Waals surface area contributed by atoms with E-state index in [4.69, 9.17) is 19.9 Å². The number of thioether (sulfide) groups is 1. The van der Waals surface area contributed by atoms with Crippen LogP contribution in [0.1, 0.15) is 31.5 Å². The standard InChI is InChI=1S/C24H33FN4O5S.ClH/c25-19-11-17(34-13-16-1-6-29(7-2-16)22(30)14-33-10-5-26)12-20-23(19)24(31)28-21(27-20)15-35-18-3-8-32-9-4-18;/h11-12,16,18H,1-10,13-15,26H2,(H,27,28,31);1H. The van der Waals surface area contributed by atoms with Crippen molar-refractivity contribution in [1.82, 2.24) is 14.9 Å². The van der Waals surface area contributed by atoms with Crippen molar-refractivity contribution in [2.75, 3.05) is 52.7 Å². The monoisotopic (exact) mass is 544 g/mol. The molecule has 2 fully saturated rings. The van der Waals surface area contributed by atoms with E-state index in [1.165, 1.54) is 6.07 Å². The lowest BCUT2D eigenvalue weighted by molar-refractivity contribution is -0.137. The fourth-order valence-electron chi connectivity index (χ4n) is 4.34. The number of rotatable bonds is 10. The van der Waals surface area contributed by atoms with Gasteiger partial charge >= 0.3 is 0 Å². The number of nitrogens with two attached hydrogens (primary N) is 1. The Balaban J connectivity index is 0.00000361. The number of H-pyrrole nitrogens is 1. The van der Waals surface area contributed by atoms with Crippen molar-refractivity contribution in [3.63, 3.8) is 0 Å². The molecule has 0 aliphatic carbocycles. The average Bonchev–Trinajstić information content (AvgIpc) is 2.87. The molecule has 4 rings (SSSR count). The summed E-state index contributed by atoms with van der Waals surface area (Å²) in [5.74, 6) is 1.01. The minimum absolute atomic E-state index is 0. The van der Waals surface area contributed by atoms with Gasteiger partial charge in [-0.25, -0.2) is 9.37 Å². The molecule has 2 aliphatic rings. The molecule has 2 aliphatic heterocycles. The van der Waals surface area contributed by atoms with E-state index in [9.17, 15) is 14.0 Å². The molecule has 0 spiro atoms. The van der Waals surface area contributed by atoms with Gasteiger partial charge in [-0.15, -0.1) is 12.4 Å². The van der Waals surface area contributed by atoms with Crippen LogP contribution < -0.4 is 16.0 Å². The van der Waals surface area contributed by atoms with E-state index in [0.29, 0.717) is 60.9 Å². The maximum absolute atomic E-state index is 14.7. The lowest BCUT2D eigenvalue weighted by atomic mass is 9.98. The second-order valence-corrected chi connectivity index (χ2v) is 10.2. The Morgan fingerprint density at radius 2 is 2.00 bits per heavy atom. The molecule has 1 aromatic carbocycles. The predicted molar refractivity (Wildman–Crippen MR) is 139 cm³/mol. The molecule has 0 radical (unpaired) electrons. The molecule has 0 unspecified atom stereocenters.